The Morgan fingerprint density at radius 3 is 2.48 bits per heavy atom. The van der Waals surface area contributed by atoms with Crippen molar-refractivity contribution < 1.29 is 9.90 Å². The quantitative estimate of drug-likeness (QED) is 0.909. The minimum absolute atomic E-state index is 0.202. The lowest BCUT2D eigenvalue weighted by atomic mass is 9.96. The van der Waals surface area contributed by atoms with E-state index in [-0.39, 0.29) is 11.9 Å². The molecule has 1 saturated heterocycles. The SMILES string of the molecule is C[C@H]1CCc2ccccc2N1C(=O)CN1CCN(c2ccc(O)cc2)CC1. The highest BCUT2D eigenvalue weighted by molar-refractivity contribution is 5.96. The number of anilines is 2. The second-order valence-corrected chi connectivity index (χ2v) is 7.56. The third-order valence-corrected chi connectivity index (χ3v) is 5.74. The fourth-order valence-corrected chi connectivity index (χ4v) is 4.16. The molecule has 1 amide bonds. The number of rotatable bonds is 3. The Bertz CT molecular complexity index is 797. The lowest BCUT2D eigenvalue weighted by molar-refractivity contribution is -0.120. The van der Waals surface area contributed by atoms with Gasteiger partial charge in [0.2, 0.25) is 5.91 Å². The van der Waals surface area contributed by atoms with Gasteiger partial charge >= 0.3 is 0 Å². The Hall–Kier alpha value is -2.53. The third kappa shape index (κ3) is 3.78. The molecule has 1 atom stereocenters. The fraction of sp³-hybridized carbons (Fsp3) is 0.409. The van der Waals surface area contributed by atoms with Crippen molar-refractivity contribution in [3.8, 4) is 5.75 Å². The van der Waals surface area contributed by atoms with Crippen LogP contribution in [0.2, 0.25) is 0 Å². The molecule has 0 aromatic heterocycles. The van der Waals surface area contributed by atoms with Crippen LogP contribution in [0.5, 0.6) is 5.75 Å². The number of amides is 1. The van der Waals surface area contributed by atoms with Crippen LogP contribution in [-0.2, 0) is 11.2 Å². The van der Waals surface area contributed by atoms with Crippen LogP contribution in [0.1, 0.15) is 18.9 Å². The topological polar surface area (TPSA) is 47.0 Å². The van der Waals surface area contributed by atoms with Gasteiger partial charge in [0.25, 0.3) is 0 Å². The zero-order valence-electron chi connectivity index (χ0n) is 15.8. The van der Waals surface area contributed by atoms with Gasteiger partial charge in [-0.2, -0.15) is 0 Å². The highest BCUT2D eigenvalue weighted by atomic mass is 16.3. The minimum Gasteiger partial charge on any atom is -0.508 e. The maximum atomic E-state index is 13.1. The van der Waals surface area contributed by atoms with Crippen molar-refractivity contribution >= 4 is 17.3 Å². The fourth-order valence-electron chi connectivity index (χ4n) is 4.16. The van der Waals surface area contributed by atoms with Crippen molar-refractivity contribution in [3.05, 3.63) is 54.1 Å². The molecule has 0 radical (unpaired) electrons. The van der Waals surface area contributed by atoms with Gasteiger partial charge in [-0.05, 0) is 55.7 Å². The zero-order chi connectivity index (χ0) is 18.8. The van der Waals surface area contributed by atoms with Crippen LogP contribution in [0.25, 0.3) is 0 Å². The monoisotopic (exact) mass is 365 g/mol. The van der Waals surface area contributed by atoms with Gasteiger partial charge in [-0.3, -0.25) is 9.69 Å². The Morgan fingerprint density at radius 2 is 1.74 bits per heavy atom. The molecule has 27 heavy (non-hydrogen) atoms. The lowest BCUT2D eigenvalue weighted by Gasteiger charge is -2.39. The highest BCUT2D eigenvalue weighted by Gasteiger charge is 2.29. The van der Waals surface area contributed by atoms with Gasteiger partial charge in [0.05, 0.1) is 6.54 Å². The Balaban J connectivity index is 1.38. The molecule has 0 unspecified atom stereocenters. The number of aryl methyl sites for hydroxylation is 1. The Kier molecular flexibility index (Phi) is 5.03. The van der Waals surface area contributed by atoms with Gasteiger partial charge < -0.3 is 14.9 Å². The molecule has 0 aliphatic carbocycles. The number of piperazine rings is 1. The summed E-state index contributed by atoms with van der Waals surface area (Å²) in [6.45, 7) is 6.15. The average Bonchev–Trinajstić information content (AvgIpc) is 2.69. The van der Waals surface area contributed by atoms with Crippen molar-refractivity contribution in [1.29, 1.82) is 0 Å². The van der Waals surface area contributed by atoms with Crippen LogP contribution >= 0.6 is 0 Å². The van der Waals surface area contributed by atoms with Gasteiger partial charge in [0, 0.05) is 43.6 Å². The standard InChI is InChI=1S/C22H27N3O2/c1-17-6-7-18-4-2-3-5-21(18)25(17)22(27)16-23-12-14-24(15-13-23)19-8-10-20(26)11-9-19/h2-5,8-11,17,26H,6-7,12-16H2,1H3/t17-/m0/s1. The van der Waals surface area contributed by atoms with E-state index in [1.54, 1.807) is 12.1 Å². The number of nitrogens with zero attached hydrogens (tertiary/aromatic N) is 3. The van der Waals surface area contributed by atoms with E-state index >= 15 is 0 Å². The largest absolute Gasteiger partial charge is 0.508 e. The van der Waals surface area contributed by atoms with Crippen LogP contribution in [0.3, 0.4) is 0 Å². The summed E-state index contributed by atoms with van der Waals surface area (Å²) >= 11 is 0. The Morgan fingerprint density at radius 1 is 1.04 bits per heavy atom. The van der Waals surface area contributed by atoms with Crippen LogP contribution in [0, 0.1) is 0 Å². The highest BCUT2D eigenvalue weighted by Crippen LogP contribution is 2.30. The molecule has 2 heterocycles. The summed E-state index contributed by atoms with van der Waals surface area (Å²) < 4.78 is 0. The van der Waals surface area contributed by atoms with Crippen molar-refractivity contribution in [2.45, 2.75) is 25.8 Å². The lowest BCUT2D eigenvalue weighted by Crippen LogP contribution is -2.52. The predicted octanol–water partition coefficient (Wildman–Crippen LogP) is 2.88. The molecule has 2 aliphatic heterocycles. The smallest absolute Gasteiger partial charge is 0.241 e. The second kappa shape index (κ2) is 7.61. The summed E-state index contributed by atoms with van der Waals surface area (Å²) in [4.78, 5) is 19.6. The molecule has 1 fully saturated rings. The maximum absolute atomic E-state index is 13.1. The van der Waals surface area contributed by atoms with E-state index in [9.17, 15) is 9.90 Å². The third-order valence-electron chi connectivity index (χ3n) is 5.74. The van der Waals surface area contributed by atoms with Gasteiger partial charge in [-0.25, -0.2) is 0 Å². The molecule has 4 rings (SSSR count). The first kappa shape index (κ1) is 17.9. The molecule has 5 heteroatoms. The minimum atomic E-state index is 0.202. The van der Waals surface area contributed by atoms with Gasteiger partial charge in [-0.15, -0.1) is 0 Å². The van der Waals surface area contributed by atoms with E-state index in [0.717, 1.165) is 50.4 Å². The number of benzene rings is 2. The molecule has 5 nitrogen and oxygen atoms in total. The van der Waals surface area contributed by atoms with Gasteiger partial charge in [0.1, 0.15) is 5.75 Å². The zero-order valence-corrected chi connectivity index (χ0v) is 15.8. The van der Waals surface area contributed by atoms with Crippen LogP contribution in [-0.4, -0.2) is 54.7 Å². The first-order chi connectivity index (χ1) is 13.1. The molecule has 142 valence electrons. The van der Waals surface area contributed by atoms with E-state index in [2.05, 4.69) is 34.9 Å². The summed E-state index contributed by atoms with van der Waals surface area (Å²) in [6, 6.07) is 15.9. The van der Waals surface area contributed by atoms with Gasteiger partial charge in [-0.1, -0.05) is 18.2 Å². The molecular formula is C22H27N3O2. The number of fused-ring (bicyclic) bond motifs is 1. The number of hydrogen-bond acceptors (Lipinski definition) is 4. The molecular weight excluding hydrogens is 338 g/mol. The first-order valence-corrected chi connectivity index (χ1v) is 9.78. The number of phenolic OH excluding ortho intramolecular Hbond substituents is 1. The number of hydrogen-bond donors (Lipinski definition) is 1. The van der Waals surface area contributed by atoms with E-state index in [4.69, 9.17) is 0 Å². The number of carbonyl (C=O) groups excluding carboxylic acids is 1. The van der Waals surface area contributed by atoms with Crippen LogP contribution in [0.15, 0.2) is 48.5 Å². The van der Waals surface area contributed by atoms with Crippen molar-refractivity contribution in [1.82, 2.24) is 4.90 Å². The molecule has 0 spiro atoms. The summed E-state index contributed by atoms with van der Waals surface area (Å²) in [5, 5.41) is 9.44. The van der Waals surface area contributed by atoms with Crippen LogP contribution < -0.4 is 9.80 Å². The van der Waals surface area contributed by atoms with Crippen LogP contribution in [0.4, 0.5) is 11.4 Å². The second-order valence-electron chi connectivity index (χ2n) is 7.56. The summed E-state index contributed by atoms with van der Waals surface area (Å²) in [5.41, 5.74) is 3.49. The van der Waals surface area contributed by atoms with E-state index in [1.807, 2.05) is 23.1 Å². The summed E-state index contributed by atoms with van der Waals surface area (Å²) in [6.07, 6.45) is 2.07. The Labute approximate surface area is 160 Å². The van der Waals surface area contributed by atoms with Crippen molar-refractivity contribution in [2.75, 3.05) is 42.5 Å². The van der Waals surface area contributed by atoms with E-state index < -0.39 is 0 Å². The molecule has 2 aromatic rings. The number of para-hydroxylation sites is 1. The van der Waals surface area contributed by atoms with Crippen molar-refractivity contribution in [3.63, 3.8) is 0 Å². The van der Waals surface area contributed by atoms with Crippen molar-refractivity contribution in [2.24, 2.45) is 0 Å². The normalized spacial score (nSPS) is 20.4. The number of phenols is 1. The van der Waals surface area contributed by atoms with Gasteiger partial charge in [0.15, 0.2) is 0 Å². The summed E-state index contributed by atoms with van der Waals surface area (Å²) in [5.74, 6) is 0.492. The van der Waals surface area contributed by atoms with E-state index in [0.29, 0.717) is 12.3 Å². The number of carbonyl (C=O) groups is 1. The average molecular weight is 365 g/mol. The predicted molar refractivity (Wildman–Crippen MR) is 108 cm³/mol. The molecule has 1 N–H and O–H groups in total. The first-order valence-electron chi connectivity index (χ1n) is 9.78. The maximum Gasteiger partial charge on any atom is 0.241 e. The van der Waals surface area contributed by atoms with E-state index in [1.165, 1.54) is 5.56 Å². The molecule has 0 bridgehead atoms. The number of aromatic hydroxyl groups is 1. The molecule has 2 aromatic carbocycles. The summed E-state index contributed by atoms with van der Waals surface area (Å²) in [7, 11) is 0. The molecule has 0 saturated carbocycles. The molecule has 2 aliphatic rings.